The molecule has 3 nitrogen and oxygen atoms in total. The van der Waals surface area contributed by atoms with Crippen LogP contribution in [-0.4, -0.2) is 10.9 Å². The van der Waals surface area contributed by atoms with Crippen molar-refractivity contribution in [2.75, 3.05) is 0 Å². The molecule has 1 N–H and O–H groups in total. The summed E-state index contributed by atoms with van der Waals surface area (Å²) in [4.78, 5) is 12.1. The van der Waals surface area contributed by atoms with Gasteiger partial charge in [-0.05, 0) is 17.7 Å². The molecule has 1 unspecified atom stereocenters. The molecule has 0 saturated heterocycles. The Morgan fingerprint density at radius 3 is 2.61 bits per heavy atom. The number of phenolic OH excluding ortho intramolecular Hbond substituents is 1. The summed E-state index contributed by atoms with van der Waals surface area (Å²) in [5.41, 5.74) is 1.27. The van der Waals surface area contributed by atoms with Gasteiger partial charge >= 0.3 is 0 Å². The molecule has 90 valence electrons. The first-order chi connectivity index (χ1) is 8.75. The maximum absolute atomic E-state index is 12.1. The monoisotopic (exact) mass is 240 g/mol. The number of ether oxygens (including phenoxy) is 1. The van der Waals surface area contributed by atoms with Crippen LogP contribution < -0.4 is 4.74 Å². The molecule has 1 atom stereocenters. The third-order valence-corrected chi connectivity index (χ3v) is 3.09. The topological polar surface area (TPSA) is 46.5 Å². The molecule has 3 rings (SSSR count). The van der Waals surface area contributed by atoms with Gasteiger partial charge in [-0.3, -0.25) is 4.79 Å². The van der Waals surface area contributed by atoms with Crippen molar-refractivity contribution in [1.29, 1.82) is 0 Å². The summed E-state index contributed by atoms with van der Waals surface area (Å²) in [6.45, 7) is 0. The van der Waals surface area contributed by atoms with Gasteiger partial charge in [-0.1, -0.05) is 36.4 Å². The van der Waals surface area contributed by atoms with Crippen LogP contribution in [0.2, 0.25) is 0 Å². The average Bonchev–Trinajstić information content (AvgIpc) is 2.39. The van der Waals surface area contributed by atoms with Crippen molar-refractivity contribution in [3.8, 4) is 11.5 Å². The Hall–Kier alpha value is -2.29. The van der Waals surface area contributed by atoms with Crippen LogP contribution >= 0.6 is 0 Å². The van der Waals surface area contributed by atoms with Crippen LogP contribution in [0.3, 0.4) is 0 Å². The van der Waals surface area contributed by atoms with E-state index in [0.29, 0.717) is 11.3 Å². The summed E-state index contributed by atoms with van der Waals surface area (Å²) in [5, 5.41) is 9.68. The van der Waals surface area contributed by atoms with E-state index in [0.717, 1.165) is 5.56 Å². The van der Waals surface area contributed by atoms with E-state index in [4.69, 9.17) is 4.74 Å². The molecule has 0 saturated carbocycles. The predicted octanol–water partition coefficient (Wildman–Crippen LogP) is 3.10. The molecule has 1 aliphatic rings. The van der Waals surface area contributed by atoms with E-state index in [-0.39, 0.29) is 24.1 Å². The molecule has 0 amide bonds. The first kappa shape index (κ1) is 10.8. The molecular weight excluding hydrogens is 228 g/mol. The zero-order chi connectivity index (χ0) is 12.5. The Bertz CT molecular complexity index is 590. The van der Waals surface area contributed by atoms with E-state index in [1.54, 1.807) is 12.1 Å². The number of ketones is 1. The molecule has 1 heterocycles. The lowest BCUT2D eigenvalue weighted by atomic mass is 9.96. The third-order valence-electron chi connectivity index (χ3n) is 3.09. The van der Waals surface area contributed by atoms with Crippen molar-refractivity contribution in [3.63, 3.8) is 0 Å². The summed E-state index contributed by atoms with van der Waals surface area (Å²) >= 11 is 0. The fraction of sp³-hybridized carbons (Fsp3) is 0.133. The van der Waals surface area contributed by atoms with E-state index in [2.05, 4.69) is 0 Å². The molecular formula is C15H12O3. The summed E-state index contributed by atoms with van der Waals surface area (Å²) < 4.78 is 5.79. The highest BCUT2D eigenvalue weighted by Crippen LogP contribution is 2.38. The van der Waals surface area contributed by atoms with Crippen LogP contribution in [0.1, 0.15) is 28.4 Å². The van der Waals surface area contributed by atoms with Crippen molar-refractivity contribution in [1.82, 2.24) is 0 Å². The van der Waals surface area contributed by atoms with Crippen LogP contribution in [0.25, 0.3) is 0 Å². The molecule has 0 aliphatic carbocycles. The third kappa shape index (κ3) is 1.74. The molecule has 0 spiro atoms. The van der Waals surface area contributed by atoms with Gasteiger partial charge in [-0.25, -0.2) is 0 Å². The van der Waals surface area contributed by atoms with E-state index in [1.165, 1.54) is 6.07 Å². The van der Waals surface area contributed by atoms with Crippen molar-refractivity contribution in [2.45, 2.75) is 12.5 Å². The van der Waals surface area contributed by atoms with Crippen LogP contribution in [0.5, 0.6) is 11.5 Å². The van der Waals surface area contributed by atoms with Crippen LogP contribution in [-0.2, 0) is 0 Å². The Balaban J connectivity index is 2.00. The highest BCUT2D eigenvalue weighted by Gasteiger charge is 2.29. The van der Waals surface area contributed by atoms with Crippen LogP contribution in [0.4, 0.5) is 0 Å². The number of fused-ring (bicyclic) bond motifs is 1. The van der Waals surface area contributed by atoms with Crippen molar-refractivity contribution in [3.05, 3.63) is 59.7 Å². The van der Waals surface area contributed by atoms with E-state index >= 15 is 0 Å². The zero-order valence-electron chi connectivity index (χ0n) is 9.67. The van der Waals surface area contributed by atoms with E-state index in [1.807, 2.05) is 30.3 Å². The van der Waals surface area contributed by atoms with Crippen molar-refractivity contribution >= 4 is 5.78 Å². The van der Waals surface area contributed by atoms with E-state index < -0.39 is 0 Å². The lowest BCUT2D eigenvalue weighted by Gasteiger charge is -2.25. The summed E-state index contributed by atoms with van der Waals surface area (Å²) in [6, 6.07) is 14.5. The first-order valence-electron chi connectivity index (χ1n) is 5.82. The smallest absolute Gasteiger partial charge is 0.174 e. The molecule has 0 aromatic heterocycles. The van der Waals surface area contributed by atoms with Crippen LogP contribution in [0, 0.1) is 0 Å². The van der Waals surface area contributed by atoms with Crippen molar-refractivity contribution in [2.24, 2.45) is 0 Å². The molecule has 1 aliphatic heterocycles. The largest absolute Gasteiger partial charge is 0.507 e. The SMILES string of the molecule is O=C1CC(c2ccccc2)Oc2cccc(O)c21. The number of hydrogen-bond acceptors (Lipinski definition) is 3. The summed E-state index contributed by atoms with van der Waals surface area (Å²) in [5.74, 6) is 0.368. The predicted molar refractivity (Wildman–Crippen MR) is 66.9 cm³/mol. The average molecular weight is 240 g/mol. The standard InChI is InChI=1S/C15H12O3/c16-11-7-4-8-13-15(11)12(17)9-14(18-13)10-5-2-1-3-6-10/h1-8,14,16H,9H2. The number of carbonyl (C=O) groups is 1. The first-order valence-corrected chi connectivity index (χ1v) is 5.82. The normalized spacial score (nSPS) is 18.0. The lowest BCUT2D eigenvalue weighted by molar-refractivity contribution is 0.0845. The molecule has 0 fully saturated rings. The van der Waals surface area contributed by atoms with Gasteiger partial charge in [0, 0.05) is 0 Å². The quantitative estimate of drug-likeness (QED) is 0.833. The molecule has 2 aromatic rings. The molecule has 0 radical (unpaired) electrons. The maximum atomic E-state index is 12.1. The fourth-order valence-electron chi connectivity index (χ4n) is 2.22. The number of Topliss-reactive ketones (excluding diaryl/α,β-unsaturated/α-hetero) is 1. The zero-order valence-corrected chi connectivity index (χ0v) is 9.67. The van der Waals surface area contributed by atoms with Gasteiger partial charge in [0.15, 0.2) is 5.78 Å². The van der Waals surface area contributed by atoms with Gasteiger partial charge in [-0.2, -0.15) is 0 Å². The second-order valence-corrected chi connectivity index (χ2v) is 4.29. The molecule has 0 bridgehead atoms. The van der Waals surface area contributed by atoms with E-state index in [9.17, 15) is 9.90 Å². The van der Waals surface area contributed by atoms with Crippen LogP contribution in [0.15, 0.2) is 48.5 Å². The maximum Gasteiger partial charge on any atom is 0.174 e. The number of benzene rings is 2. The minimum atomic E-state index is -0.270. The number of carbonyl (C=O) groups excluding carboxylic acids is 1. The second-order valence-electron chi connectivity index (χ2n) is 4.29. The van der Waals surface area contributed by atoms with Gasteiger partial charge in [0.1, 0.15) is 23.2 Å². The number of hydrogen-bond donors (Lipinski definition) is 1. The number of phenols is 1. The number of rotatable bonds is 1. The van der Waals surface area contributed by atoms with Gasteiger partial charge in [0.2, 0.25) is 0 Å². The Morgan fingerprint density at radius 2 is 1.83 bits per heavy atom. The molecule has 18 heavy (non-hydrogen) atoms. The van der Waals surface area contributed by atoms with Gasteiger partial charge in [0.25, 0.3) is 0 Å². The lowest BCUT2D eigenvalue weighted by Crippen LogP contribution is -2.20. The minimum Gasteiger partial charge on any atom is -0.507 e. The van der Waals surface area contributed by atoms with Gasteiger partial charge < -0.3 is 9.84 Å². The summed E-state index contributed by atoms with van der Waals surface area (Å²) in [7, 11) is 0. The van der Waals surface area contributed by atoms with Crippen molar-refractivity contribution < 1.29 is 14.6 Å². The molecule has 3 heteroatoms. The second kappa shape index (κ2) is 4.18. The molecule has 2 aromatic carbocycles. The fourth-order valence-corrected chi connectivity index (χ4v) is 2.22. The summed E-state index contributed by atoms with van der Waals surface area (Å²) in [6.07, 6.45) is -0.0119. The van der Waals surface area contributed by atoms with Gasteiger partial charge in [-0.15, -0.1) is 0 Å². The Kier molecular flexibility index (Phi) is 2.52. The van der Waals surface area contributed by atoms with Gasteiger partial charge in [0.05, 0.1) is 6.42 Å². The highest BCUT2D eigenvalue weighted by atomic mass is 16.5. The number of aromatic hydroxyl groups is 1. The minimum absolute atomic E-state index is 0.0102. The Labute approximate surface area is 105 Å². The highest BCUT2D eigenvalue weighted by molar-refractivity contribution is 6.02. The Morgan fingerprint density at radius 1 is 1.06 bits per heavy atom.